The standard InChI is InChI=1S/C13H17Cl2N3O/c14-9-3-4-11(15)12(6-9)17-13(19)8-18-5-1-2-10(16)7-18/h3-4,6,10H,1-2,5,7-8,16H2,(H,17,19)/t10-/m1/s1. The normalized spacial score (nSPS) is 20.3. The van der Waals surface area contributed by atoms with Gasteiger partial charge in [0.15, 0.2) is 0 Å². The van der Waals surface area contributed by atoms with Gasteiger partial charge in [-0.1, -0.05) is 23.2 Å². The molecule has 0 radical (unpaired) electrons. The second-order valence-corrected chi connectivity index (χ2v) is 5.65. The highest BCUT2D eigenvalue weighted by atomic mass is 35.5. The largest absolute Gasteiger partial charge is 0.327 e. The Kier molecular flexibility index (Phi) is 5.05. The predicted molar refractivity (Wildman–Crippen MR) is 78.7 cm³/mol. The minimum atomic E-state index is -0.0988. The first-order valence-electron chi connectivity index (χ1n) is 6.27. The highest BCUT2D eigenvalue weighted by Crippen LogP contribution is 2.25. The van der Waals surface area contributed by atoms with Crippen LogP contribution in [-0.4, -0.2) is 36.5 Å². The molecule has 1 amide bonds. The zero-order valence-electron chi connectivity index (χ0n) is 10.5. The number of amides is 1. The van der Waals surface area contributed by atoms with Crippen LogP contribution in [0.15, 0.2) is 18.2 Å². The van der Waals surface area contributed by atoms with E-state index in [1.165, 1.54) is 0 Å². The third kappa shape index (κ3) is 4.35. The number of benzene rings is 1. The molecule has 3 N–H and O–H groups in total. The number of likely N-dealkylation sites (tertiary alicyclic amines) is 1. The van der Waals surface area contributed by atoms with Gasteiger partial charge in [0.05, 0.1) is 17.3 Å². The van der Waals surface area contributed by atoms with Gasteiger partial charge >= 0.3 is 0 Å². The number of carbonyl (C=O) groups excluding carboxylic acids is 1. The molecule has 6 heteroatoms. The Balaban J connectivity index is 1.92. The fraction of sp³-hybridized carbons (Fsp3) is 0.462. The van der Waals surface area contributed by atoms with Crippen molar-refractivity contribution in [1.29, 1.82) is 0 Å². The van der Waals surface area contributed by atoms with Crippen LogP contribution in [0, 0.1) is 0 Å². The maximum Gasteiger partial charge on any atom is 0.238 e. The molecule has 0 unspecified atom stereocenters. The van der Waals surface area contributed by atoms with E-state index < -0.39 is 0 Å². The fourth-order valence-corrected chi connectivity index (χ4v) is 2.56. The SMILES string of the molecule is N[C@@H]1CCCN(CC(=O)Nc2cc(Cl)ccc2Cl)C1. The number of piperidine rings is 1. The van der Waals surface area contributed by atoms with Crippen LogP contribution < -0.4 is 11.1 Å². The number of hydrogen-bond donors (Lipinski definition) is 2. The Morgan fingerprint density at radius 1 is 1.47 bits per heavy atom. The van der Waals surface area contributed by atoms with Gasteiger partial charge in [0, 0.05) is 17.6 Å². The van der Waals surface area contributed by atoms with Crippen molar-refractivity contribution in [2.45, 2.75) is 18.9 Å². The summed E-state index contributed by atoms with van der Waals surface area (Å²) in [6.07, 6.45) is 2.06. The number of rotatable bonds is 3. The van der Waals surface area contributed by atoms with Crippen LogP contribution in [0.1, 0.15) is 12.8 Å². The van der Waals surface area contributed by atoms with E-state index in [0.29, 0.717) is 22.3 Å². The summed E-state index contributed by atoms with van der Waals surface area (Å²) in [5.74, 6) is -0.0988. The van der Waals surface area contributed by atoms with Crippen molar-refractivity contribution in [3.05, 3.63) is 28.2 Å². The lowest BCUT2D eigenvalue weighted by Crippen LogP contribution is -2.45. The number of nitrogens with zero attached hydrogens (tertiary/aromatic N) is 1. The first kappa shape index (κ1) is 14.6. The van der Waals surface area contributed by atoms with Crippen molar-refractivity contribution in [2.24, 2.45) is 5.73 Å². The Morgan fingerprint density at radius 3 is 3.00 bits per heavy atom. The minimum absolute atomic E-state index is 0.0988. The minimum Gasteiger partial charge on any atom is -0.327 e. The maximum atomic E-state index is 12.0. The predicted octanol–water partition coefficient (Wildman–Crippen LogP) is 2.36. The molecular weight excluding hydrogens is 285 g/mol. The van der Waals surface area contributed by atoms with E-state index >= 15 is 0 Å². The Bertz CT molecular complexity index is 467. The van der Waals surface area contributed by atoms with Crippen molar-refractivity contribution < 1.29 is 4.79 Å². The summed E-state index contributed by atoms with van der Waals surface area (Å²) in [4.78, 5) is 14.0. The van der Waals surface area contributed by atoms with Gasteiger partial charge in [0.2, 0.25) is 5.91 Å². The highest BCUT2D eigenvalue weighted by Gasteiger charge is 2.19. The molecule has 4 nitrogen and oxygen atoms in total. The van der Waals surface area contributed by atoms with Gasteiger partial charge in [-0.25, -0.2) is 0 Å². The van der Waals surface area contributed by atoms with E-state index in [-0.39, 0.29) is 11.9 Å². The first-order chi connectivity index (χ1) is 9.04. The smallest absolute Gasteiger partial charge is 0.238 e. The monoisotopic (exact) mass is 301 g/mol. The number of nitrogens with two attached hydrogens (primary N) is 1. The average molecular weight is 302 g/mol. The number of carbonyl (C=O) groups is 1. The van der Waals surface area contributed by atoms with E-state index in [1.807, 2.05) is 0 Å². The van der Waals surface area contributed by atoms with Crippen LogP contribution in [-0.2, 0) is 4.79 Å². The van der Waals surface area contributed by atoms with Crippen LogP contribution in [0.2, 0.25) is 10.0 Å². The van der Waals surface area contributed by atoms with Crippen molar-refractivity contribution in [2.75, 3.05) is 25.0 Å². The third-order valence-electron chi connectivity index (χ3n) is 3.11. The summed E-state index contributed by atoms with van der Waals surface area (Å²) in [6, 6.07) is 5.15. The van der Waals surface area contributed by atoms with Crippen LogP contribution in [0.5, 0.6) is 0 Å². The van der Waals surface area contributed by atoms with Gasteiger partial charge in [-0.3, -0.25) is 9.69 Å². The van der Waals surface area contributed by atoms with Gasteiger partial charge in [0.1, 0.15) is 0 Å². The third-order valence-corrected chi connectivity index (χ3v) is 3.68. The van der Waals surface area contributed by atoms with E-state index in [4.69, 9.17) is 28.9 Å². The molecule has 1 aliphatic rings. The number of halogens is 2. The lowest BCUT2D eigenvalue weighted by atomic mass is 10.1. The number of nitrogens with one attached hydrogen (secondary N) is 1. The van der Waals surface area contributed by atoms with Crippen LogP contribution in [0.3, 0.4) is 0 Å². The molecule has 104 valence electrons. The summed E-state index contributed by atoms with van der Waals surface area (Å²) in [5.41, 5.74) is 6.43. The maximum absolute atomic E-state index is 12.0. The van der Waals surface area contributed by atoms with Gasteiger partial charge in [0.25, 0.3) is 0 Å². The van der Waals surface area contributed by atoms with E-state index in [0.717, 1.165) is 25.9 Å². The molecular formula is C13H17Cl2N3O. The van der Waals surface area contributed by atoms with Crippen molar-refractivity contribution in [3.8, 4) is 0 Å². The zero-order valence-corrected chi connectivity index (χ0v) is 12.0. The molecule has 0 aliphatic carbocycles. The zero-order chi connectivity index (χ0) is 13.8. The van der Waals surface area contributed by atoms with Crippen LogP contribution >= 0.6 is 23.2 Å². The molecule has 19 heavy (non-hydrogen) atoms. The highest BCUT2D eigenvalue weighted by molar-refractivity contribution is 6.35. The molecule has 1 atom stereocenters. The van der Waals surface area contributed by atoms with Crippen LogP contribution in [0.4, 0.5) is 5.69 Å². The number of hydrogen-bond acceptors (Lipinski definition) is 3. The molecule has 1 aromatic carbocycles. The van der Waals surface area contributed by atoms with Crippen molar-refractivity contribution in [3.63, 3.8) is 0 Å². The molecule has 1 aromatic rings. The summed E-state index contributed by atoms with van der Waals surface area (Å²) >= 11 is 11.9. The quantitative estimate of drug-likeness (QED) is 0.901. The van der Waals surface area contributed by atoms with E-state index in [9.17, 15) is 4.79 Å². The van der Waals surface area contributed by atoms with Crippen LogP contribution in [0.25, 0.3) is 0 Å². The van der Waals surface area contributed by atoms with Gasteiger partial charge in [-0.2, -0.15) is 0 Å². The molecule has 0 aromatic heterocycles. The lowest BCUT2D eigenvalue weighted by molar-refractivity contribution is -0.117. The molecule has 1 saturated heterocycles. The Morgan fingerprint density at radius 2 is 2.26 bits per heavy atom. The van der Waals surface area contributed by atoms with Crippen molar-refractivity contribution >= 4 is 34.8 Å². The lowest BCUT2D eigenvalue weighted by Gasteiger charge is -2.29. The second-order valence-electron chi connectivity index (χ2n) is 4.81. The number of anilines is 1. The first-order valence-corrected chi connectivity index (χ1v) is 7.03. The summed E-state index contributed by atoms with van der Waals surface area (Å²) in [7, 11) is 0. The topological polar surface area (TPSA) is 58.4 Å². The summed E-state index contributed by atoms with van der Waals surface area (Å²) in [5, 5.41) is 3.80. The molecule has 2 rings (SSSR count). The fourth-order valence-electron chi connectivity index (χ4n) is 2.22. The molecule has 1 fully saturated rings. The van der Waals surface area contributed by atoms with Gasteiger partial charge in [-0.15, -0.1) is 0 Å². The molecule has 1 aliphatic heterocycles. The summed E-state index contributed by atoms with van der Waals surface area (Å²) < 4.78 is 0. The van der Waals surface area contributed by atoms with Gasteiger partial charge < -0.3 is 11.1 Å². The van der Waals surface area contributed by atoms with E-state index in [1.54, 1.807) is 18.2 Å². The van der Waals surface area contributed by atoms with Gasteiger partial charge in [-0.05, 0) is 37.6 Å². The molecule has 0 spiro atoms. The molecule has 0 bridgehead atoms. The van der Waals surface area contributed by atoms with E-state index in [2.05, 4.69) is 10.2 Å². The average Bonchev–Trinajstić information content (AvgIpc) is 2.34. The molecule has 0 saturated carbocycles. The summed E-state index contributed by atoms with van der Waals surface area (Å²) in [6.45, 7) is 2.00. The Hall–Kier alpha value is -0.810. The molecule has 1 heterocycles. The second kappa shape index (κ2) is 6.57. The Labute approximate surface area is 122 Å². The van der Waals surface area contributed by atoms with Crippen molar-refractivity contribution in [1.82, 2.24) is 4.90 Å².